The van der Waals surface area contributed by atoms with E-state index in [2.05, 4.69) is 6.92 Å². The summed E-state index contributed by atoms with van der Waals surface area (Å²) in [5.41, 5.74) is 5.27. The fourth-order valence-electron chi connectivity index (χ4n) is 0.571. The summed E-state index contributed by atoms with van der Waals surface area (Å²) in [6.07, 6.45) is 5.16. The number of hydrogen-bond acceptors (Lipinski definition) is 4. The fraction of sp³-hybridized carbons (Fsp3) is 1.00. The molecule has 0 saturated carbocycles. The van der Waals surface area contributed by atoms with Gasteiger partial charge < -0.3 is 11.9 Å². The van der Waals surface area contributed by atoms with Crippen LogP contribution >= 0.6 is 0 Å². The second-order valence-electron chi connectivity index (χ2n) is 2.30. The first-order valence-electron chi connectivity index (χ1n) is 3.81. The molecule has 0 spiro atoms. The zero-order valence-corrected chi connectivity index (χ0v) is 9.57. The van der Waals surface area contributed by atoms with Gasteiger partial charge in [0, 0.05) is 0 Å². The summed E-state index contributed by atoms with van der Waals surface area (Å²) in [5, 5.41) is 0. The quantitative estimate of drug-likeness (QED) is 0.442. The van der Waals surface area contributed by atoms with E-state index in [9.17, 15) is 0 Å². The van der Waals surface area contributed by atoms with Crippen molar-refractivity contribution in [1.82, 2.24) is 6.15 Å². The first-order valence-corrected chi connectivity index (χ1v) is 5.21. The maximum Gasteiger partial charge on any atom is 0.394 e. The van der Waals surface area contributed by atoms with Gasteiger partial charge >= 0.3 is 10.4 Å². The number of halogens is 2. The Hall–Kier alpha value is -0.350. The van der Waals surface area contributed by atoms with Gasteiger partial charge in [-0.05, 0) is 13.0 Å². The molecule has 0 aliphatic heterocycles. The molecule has 0 saturated heterocycles. The third kappa shape index (κ3) is 139. The van der Waals surface area contributed by atoms with Gasteiger partial charge in [0.1, 0.15) is 0 Å². The van der Waals surface area contributed by atoms with Gasteiger partial charge in [0.2, 0.25) is 0 Å². The number of unbranched alkanes of at least 4 members (excludes halogenated alkanes) is 3. The van der Waals surface area contributed by atoms with E-state index in [1.807, 2.05) is 0 Å². The van der Waals surface area contributed by atoms with Crippen LogP contribution in [0.1, 0.15) is 32.6 Å². The van der Waals surface area contributed by atoms with Crippen molar-refractivity contribution in [3.8, 4) is 0 Å². The number of hydrogen-bond donors (Lipinski definition) is 4. The molecule has 6 nitrogen and oxygen atoms in total. The molecule has 0 heterocycles. The summed E-state index contributed by atoms with van der Waals surface area (Å²) in [7, 11) is -4.67. The second-order valence-corrected chi connectivity index (χ2v) is 3.19. The third-order valence-corrected chi connectivity index (χ3v) is 1.06. The van der Waals surface area contributed by atoms with E-state index in [-0.39, 0.29) is 15.6 Å². The molecule has 0 aromatic heterocycles. The molecule has 0 aromatic rings. The Morgan fingerprint density at radius 1 is 1.07 bits per heavy atom. The lowest BCUT2D eigenvalue weighted by atomic mass is 10.2. The zero-order valence-electron chi connectivity index (χ0n) is 8.76. The van der Waals surface area contributed by atoms with Gasteiger partial charge in [-0.2, -0.15) is 8.42 Å². The third-order valence-electron chi connectivity index (χ3n) is 1.06. The van der Waals surface area contributed by atoms with Gasteiger partial charge in [-0.1, -0.05) is 26.2 Å². The predicted molar refractivity (Wildman–Crippen MR) is 57.4 cm³/mol. The molecule has 15 heavy (non-hydrogen) atoms. The average Bonchev–Trinajstić information content (AvgIpc) is 1.85. The molecule has 0 atom stereocenters. The minimum atomic E-state index is -4.67. The van der Waals surface area contributed by atoms with E-state index >= 15 is 0 Å². The van der Waals surface area contributed by atoms with Gasteiger partial charge in [-0.25, -0.2) is 0 Å². The van der Waals surface area contributed by atoms with E-state index in [1.54, 1.807) is 0 Å². The standard InChI is InChI=1S/C6H15N.2FH.H3N.H2O4S/c1-2-3-4-5-6-7;;;;1-5(2,3)4/h2-7H2,1H3;2*1H;1H3;(H2,1,2,3,4). The topological polar surface area (TPSA) is 136 Å². The molecule has 0 unspecified atom stereocenters. The van der Waals surface area contributed by atoms with Gasteiger partial charge in [0.25, 0.3) is 0 Å². The van der Waals surface area contributed by atoms with Crippen LogP contribution in [0.3, 0.4) is 0 Å². The molecule has 0 aromatic carbocycles. The van der Waals surface area contributed by atoms with Crippen molar-refractivity contribution < 1.29 is 26.9 Å². The molecule has 0 aliphatic carbocycles. The number of nitrogens with two attached hydrogens (primary N) is 1. The predicted octanol–water partition coefficient (Wildman–Crippen LogP) is 1.34. The Bertz CT molecular complexity index is 166. The summed E-state index contributed by atoms with van der Waals surface area (Å²) in [4.78, 5) is 0. The fourth-order valence-corrected chi connectivity index (χ4v) is 0.571. The van der Waals surface area contributed by atoms with Crippen LogP contribution in [0.2, 0.25) is 0 Å². The molecule has 100 valence electrons. The average molecular weight is 256 g/mol. The van der Waals surface area contributed by atoms with Crippen LogP contribution in [0.25, 0.3) is 0 Å². The zero-order chi connectivity index (χ0) is 10.0. The van der Waals surface area contributed by atoms with Gasteiger partial charge in [-0.15, -0.1) is 0 Å². The van der Waals surface area contributed by atoms with Crippen LogP contribution in [-0.4, -0.2) is 24.1 Å². The van der Waals surface area contributed by atoms with Crippen molar-refractivity contribution in [1.29, 1.82) is 0 Å². The van der Waals surface area contributed by atoms with Gasteiger partial charge in [0.05, 0.1) is 0 Å². The van der Waals surface area contributed by atoms with Crippen molar-refractivity contribution in [3.05, 3.63) is 0 Å². The van der Waals surface area contributed by atoms with Crippen LogP contribution < -0.4 is 11.9 Å². The molecular weight excluding hydrogens is 234 g/mol. The molecule has 0 aliphatic rings. The van der Waals surface area contributed by atoms with Crippen molar-refractivity contribution in [2.75, 3.05) is 6.54 Å². The minimum absolute atomic E-state index is 0. The highest BCUT2D eigenvalue weighted by Crippen LogP contribution is 1.95. The highest BCUT2D eigenvalue weighted by atomic mass is 32.3. The summed E-state index contributed by atoms with van der Waals surface area (Å²) >= 11 is 0. The van der Waals surface area contributed by atoms with Crippen LogP contribution in [-0.2, 0) is 10.4 Å². The smallest absolute Gasteiger partial charge is 0.344 e. The van der Waals surface area contributed by atoms with E-state index < -0.39 is 10.4 Å². The van der Waals surface area contributed by atoms with Crippen LogP contribution in [0.15, 0.2) is 0 Å². The highest BCUT2D eigenvalue weighted by Gasteiger charge is 1.84. The maximum absolute atomic E-state index is 8.74. The normalized spacial score (nSPS) is 8.27. The van der Waals surface area contributed by atoms with E-state index in [0.717, 1.165) is 6.54 Å². The van der Waals surface area contributed by atoms with E-state index in [4.69, 9.17) is 23.3 Å². The van der Waals surface area contributed by atoms with Crippen molar-refractivity contribution in [3.63, 3.8) is 0 Å². The summed E-state index contributed by atoms with van der Waals surface area (Å²) in [6, 6.07) is 0. The minimum Gasteiger partial charge on any atom is -0.344 e. The molecule has 0 bridgehead atoms. The molecular formula is C6H22F2N2O4S. The monoisotopic (exact) mass is 256 g/mol. The van der Waals surface area contributed by atoms with Crippen molar-refractivity contribution in [2.45, 2.75) is 32.6 Å². The maximum atomic E-state index is 8.74. The molecule has 0 radical (unpaired) electrons. The largest absolute Gasteiger partial charge is 0.394 e. The first-order chi connectivity index (χ1) is 5.41. The summed E-state index contributed by atoms with van der Waals surface area (Å²) < 4.78 is 31.6. The first kappa shape index (κ1) is 29.3. The Morgan fingerprint density at radius 3 is 1.60 bits per heavy atom. The van der Waals surface area contributed by atoms with Crippen LogP contribution in [0, 0.1) is 0 Å². The molecule has 9 heteroatoms. The Balaban J connectivity index is -0.0000000383. The molecule has 0 amide bonds. The Labute approximate surface area is 89.1 Å². The molecule has 0 fully saturated rings. The Kier molecular flexibility index (Phi) is 37.6. The second kappa shape index (κ2) is 19.3. The van der Waals surface area contributed by atoms with Crippen molar-refractivity contribution in [2.24, 2.45) is 5.73 Å². The van der Waals surface area contributed by atoms with Gasteiger partial charge in [0.15, 0.2) is 0 Å². The lowest BCUT2D eigenvalue weighted by Gasteiger charge is -1.90. The lowest BCUT2D eigenvalue weighted by molar-refractivity contribution is 0.381. The summed E-state index contributed by atoms with van der Waals surface area (Å²) in [5.74, 6) is 0. The molecule has 0 rings (SSSR count). The van der Waals surface area contributed by atoms with E-state index in [0.29, 0.717) is 0 Å². The highest BCUT2D eigenvalue weighted by molar-refractivity contribution is 7.79. The van der Waals surface area contributed by atoms with E-state index in [1.165, 1.54) is 25.7 Å². The van der Waals surface area contributed by atoms with Crippen LogP contribution in [0.4, 0.5) is 9.41 Å². The van der Waals surface area contributed by atoms with Crippen LogP contribution in [0.5, 0.6) is 0 Å². The molecule has 7 N–H and O–H groups in total. The number of rotatable bonds is 4. The van der Waals surface area contributed by atoms with Crippen molar-refractivity contribution >= 4 is 10.4 Å². The summed E-state index contributed by atoms with van der Waals surface area (Å²) in [6.45, 7) is 3.07. The SMILES string of the molecule is CCCCCCN.F.F.N.O=S(=O)(O)O. The lowest BCUT2D eigenvalue weighted by Crippen LogP contribution is -1.97. The Morgan fingerprint density at radius 2 is 1.40 bits per heavy atom. The van der Waals surface area contributed by atoms with Gasteiger partial charge in [-0.3, -0.25) is 18.5 Å².